The zero-order valence-corrected chi connectivity index (χ0v) is 12.6. The summed E-state index contributed by atoms with van der Waals surface area (Å²) in [7, 11) is -3.96. The lowest BCUT2D eigenvalue weighted by Gasteiger charge is -2.05. The third-order valence-electron chi connectivity index (χ3n) is 3.59. The first kappa shape index (κ1) is 14.7. The van der Waals surface area contributed by atoms with E-state index in [2.05, 4.69) is 10.1 Å². The molecule has 8 heteroatoms. The Morgan fingerprint density at radius 3 is 2.82 bits per heavy atom. The second-order valence-corrected chi connectivity index (χ2v) is 6.80. The Morgan fingerprint density at radius 2 is 2.05 bits per heavy atom. The number of fused-ring (bicyclic) bond motifs is 1. The second-order valence-electron chi connectivity index (χ2n) is 5.12. The van der Waals surface area contributed by atoms with E-state index in [0.717, 1.165) is 31.2 Å². The van der Waals surface area contributed by atoms with Crippen molar-refractivity contribution in [3.05, 3.63) is 41.5 Å². The number of aryl methyl sites for hydroxylation is 1. The van der Waals surface area contributed by atoms with Crippen LogP contribution in [-0.2, 0) is 22.9 Å². The van der Waals surface area contributed by atoms with Gasteiger partial charge in [-0.2, -0.15) is 0 Å². The minimum atomic E-state index is -3.96. The number of sulfonamides is 1. The zero-order chi connectivity index (χ0) is 15.6. The van der Waals surface area contributed by atoms with Gasteiger partial charge in [0, 0.05) is 24.4 Å². The minimum absolute atomic E-state index is 0.0596. The molecule has 1 N–H and O–H groups in total. The highest BCUT2D eigenvalue weighted by Gasteiger charge is 2.26. The number of nitrogens with zero attached hydrogens (tertiary/aromatic N) is 2. The molecular weight excluding hydrogens is 306 g/mol. The van der Waals surface area contributed by atoms with Crippen molar-refractivity contribution < 1.29 is 17.7 Å². The molecule has 0 saturated heterocycles. The van der Waals surface area contributed by atoms with Crippen LogP contribution in [0.15, 0.2) is 33.9 Å². The van der Waals surface area contributed by atoms with Crippen LogP contribution in [0, 0.1) is 0 Å². The number of nitrogens with one attached hydrogen (secondary N) is 1. The van der Waals surface area contributed by atoms with Gasteiger partial charge in [-0.05, 0) is 31.4 Å². The van der Waals surface area contributed by atoms with E-state index in [1.165, 1.54) is 24.5 Å². The molecule has 0 radical (unpaired) electrons. The lowest BCUT2D eigenvalue weighted by Crippen LogP contribution is -2.31. The first-order valence-corrected chi connectivity index (χ1v) is 8.51. The van der Waals surface area contributed by atoms with Gasteiger partial charge >= 0.3 is 0 Å². The Labute approximate surface area is 127 Å². The number of amides is 1. The maximum atomic E-state index is 12.2. The lowest BCUT2D eigenvalue weighted by molar-refractivity contribution is 0.0971. The molecule has 22 heavy (non-hydrogen) atoms. The van der Waals surface area contributed by atoms with Crippen LogP contribution < -0.4 is 4.72 Å². The molecule has 3 rings (SSSR count). The Hall–Kier alpha value is -2.22. The highest BCUT2D eigenvalue weighted by Crippen LogP contribution is 2.23. The molecular formula is C14H15N3O4S. The molecule has 0 bridgehead atoms. The normalized spacial score (nSPS) is 14.9. The van der Waals surface area contributed by atoms with Crippen molar-refractivity contribution in [2.45, 2.75) is 37.0 Å². The number of aromatic nitrogens is 2. The van der Waals surface area contributed by atoms with Crippen LogP contribution in [0.25, 0.3) is 0 Å². The van der Waals surface area contributed by atoms with Crippen LogP contribution in [0.5, 0.6) is 0 Å². The summed E-state index contributed by atoms with van der Waals surface area (Å²) in [6, 6.07) is 2.85. The number of hydrogen-bond acceptors (Lipinski definition) is 6. The highest BCUT2D eigenvalue weighted by atomic mass is 32.2. The van der Waals surface area contributed by atoms with E-state index >= 15 is 0 Å². The van der Waals surface area contributed by atoms with Crippen molar-refractivity contribution in [1.29, 1.82) is 0 Å². The Morgan fingerprint density at radius 1 is 1.23 bits per heavy atom. The Kier molecular flexibility index (Phi) is 3.93. The summed E-state index contributed by atoms with van der Waals surface area (Å²) < 4.78 is 31.5. The van der Waals surface area contributed by atoms with E-state index < -0.39 is 15.9 Å². The second kappa shape index (κ2) is 5.88. The molecule has 2 heterocycles. The van der Waals surface area contributed by atoms with Gasteiger partial charge in [0.1, 0.15) is 10.7 Å². The zero-order valence-electron chi connectivity index (χ0n) is 11.8. The predicted octanol–water partition coefficient (Wildman–Crippen LogP) is 1.46. The summed E-state index contributed by atoms with van der Waals surface area (Å²) >= 11 is 0. The SMILES string of the molecule is O=C(NS(=O)(=O)c1cccnc1)c1noc2c1CCCCC2. The molecule has 0 aromatic carbocycles. The van der Waals surface area contributed by atoms with Crippen LogP contribution >= 0.6 is 0 Å². The highest BCUT2D eigenvalue weighted by molar-refractivity contribution is 7.90. The average Bonchev–Trinajstić information content (AvgIpc) is 2.77. The van der Waals surface area contributed by atoms with Gasteiger partial charge in [-0.15, -0.1) is 0 Å². The molecule has 0 fully saturated rings. The molecule has 1 aliphatic rings. The van der Waals surface area contributed by atoms with E-state index in [1.54, 1.807) is 0 Å². The number of rotatable bonds is 3. The summed E-state index contributed by atoms with van der Waals surface area (Å²) in [5, 5.41) is 3.75. The maximum Gasteiger partial charge on any atom is 0.287 e. The third kappa shape index (κ3) is 2.87. The minimum Gasteiger partial charge on any atom is -0.360 e. The van der Waals surface area contributed by atoms with Crippen molar-refractivity contribution in [2.24, 2.45) is 0 Å². The van der Waals surface area contributed by atoms with Gasteiger partial charge in [0.2, 0.25) is 0 Å². The van der Waals surface area contributed by atoms with Crippen molar-refractivity contribution >= 4 is 15.9 Å². The number of carbonyl (C=O) groups excluding carboxylic acids is 1. The first-order valence-electron chi connectivity index (χ1n) is 7.02. The topological polar surface area (TPSA) is 102 Å². The Balaban J connectivity index is 1.85. The van der Waals surface area contributed by atoms with Gasteiger partial charge in [0.15, 0.2) is 5.69 Å². The van der Waals surface area contributed by atoms with Crippen LogP contribution in [0.4, 0.5) is 0 Å². The van der Waals surface area contributed by atoms with Crippen LogP contribution in [0.3, 0.4) is 0 Å². The van der Waals surface area contributed by atoms with E-state index in [-0.39, 0.29) is 10.6 Å². The maximum absolute atomic E-state index is 12.2. The van der Waals surface area contributed by atoms with E-state index in [9.17, 15) is 13.2 Å². The smallest absolute Gasteiger partial charge is 0.287 e. The molecule has 116 valence electrons. The fraction of sp³-hybridized carbons (Fsp3) is 0.357. The van der Waals surface area contributed by atoms with Crippen molar-refractivity contribution in [3.63, 3.8) is 0 Å². The van der Waals surface area contributed by atoms with E-state index in [1.807, 2.05) is 4.72 Å². The summed E-state index contributed by atoms with van der Waals surface area (Å²) in [6.45, 7) is 0. The van der Waals surface area contributed by atoms with E-state index in [4.69, 9.17) is 4.52 Å². The molecule has 0 atom stereocenters. The van der Waals surface area contributed by atoms with Gasteiger partial charge in [-0.3, -0.25) is 9.78 Å². The number of carbonyl (C=O) groups is 1. The molecule has 0 unspecified atom stereocenters. The van der Waals surface area contributed by atoms with Crippen LogP contribution in [-0.4, -0.2) is 24.5 Å². The molecule has 1 amide bonds. The van der Waals surface area contributed by atoms with Crippen LogP contribution in [0.2, 0.25) is 0 Å². The third-order valence-corrected chi connectivity index (χ3v) is 4.90. The fourth-order valence-electron chi connectivity index (χ4n) is 2.48. The van der Waals surface area contributed by atoms with Gasteiger partial charge in [-0.1, -0.05) is 11.6 Å². The monoisotopic (exact) mass is 321 g/mol. The van der Waals surface area contributed by atoms with Crippen molar-refractivity contribution in [3.8, 4) is 0 Å². The van der Waals surface area contributed by atoms with E-state index in [0.29, 0.717) is 12.2 Å². The average molecular weight is 321 g/mol. The molecule has 2 aromatic rings. The molecule has 0 spiro atoms. The number of pyridine rings is 1. The lowest BCUT2D eigenvalue weighted by atomic mass is 10.1. The van der Waals surface area contributed by atoms with Gasteiger partial charge < -0.3 is 4.52 Å². The quantitative estimate of drug-likeness (QED) is 0.859. The van der Waals surface area contributed by atoms with Gasteiger partial charge in [0.05, 0.1) is 0 Å². The number of hydrogen-bond donors (Lipinski definition) is 1. The first-order chi connectivity index (χ1) is 10.6. The standard InChI is InChI=1S/C14H15N3O4S/c18-14(17-22(19,20)10-5-4-8-15-9-10)13-11-6-2-1-3-7-12(11)21-16-13/h4-5,8-9H,1-3,6-7H2,(H,17,18). The van der Waals surface area contributed by atoms with Crippen molar-refractivity contribution in [1.82, 2.24) is 14.9 Å². The summed E-state index contributed by atoms with van der Waals surface area (Å²) in [5.74, 6) is -0.0859. The molecule has 1 aliphatic carbocycles. The summed E-state index contributed by atoms with van der Waals surface area (Å²) in [5.41, 5.74) is 0.778. The van der Waals surface area contributed by atoms with Gasteiger partial charge in [-0.25, -0.2) is 13.1 Å². The summed E-state index contributed by atoms with van der Waals surface area (Å²) in [6.07, 6.45) is 7.01. The molecule has 2 aromatic heterocycles. The Bertz CT molecular complexity index is 784. The molecule has 0 aliphatic heterocycles. The van der Waals surface area contributed by atoms with Crippen LogP contribution in [0.1, 0.15) is 41.1 Å². The molecule has 0 saturated carbocycles. The fourth-order valence-corrected chi connectivity index (χ4v) is 3.39. The van der Waals surface area contributed by atoms with Crippen molar-refractivity contribution in [2.75, 3.05) is 0 Å². The molecule has 7 nitrogen and oxygen atoms in total. The largest absolute Gasteiger partial charge is 0.360 e. The van der Waals surface area contributed by atoms with Gasteiger partial charge in [0.25, 0.3) is 15.9 Å². The summed E-state index contributed by atoms with van der Waals surface area (Å²) in [4.78, 5) is 15.9. The predicted molar refractivity (Wildman–Crippen MR) is 76.7 cm³/mol.